The van der Waals surface area contributed by atoms with Crippen LogP contribution in [-0.4, -0.2) is 40.9 Å². The molecule has 4 rings (SSSR count). The van der Waals surface area contributed by atoms with Crippen LogP contribution in [0.1, 0.15) is 10.4 Å². The zero-order valence-electron chi connectivity index (χ0n) is 15.2. The lowest BCUT2D eigenvalue weighted by molar-refractivity contribution is 0.252. The highest BCUT2D eigenvalue weighted by atomic mass is 35.5. The first-order valence-corrected chi connectivity index (χ1v) is 10.7. The van der Waals surface area contributed by atoms with Crippen LogP contribution >= 0.6 is 34.5 Å². The maximum atomic E-state index is 12.7. The molecule has 8 heteroatoms. The summed E-state index contributed by atoms with van der Waals surface area (Å²) >= 11 is 14.1. The van der Waals surface area contributed by atoms with Crippen molar-refractivity contribution in [3.63, 3.8) is 0 Å². The summed E-state index contributed by atoms with van der Waals surface area (Å²) in [6, 6.07) is 13.8. The predicted octanol–water partition coefficient (Wildman–Crippen LogP) is 3.98. The fraction of sp³-hybridized carbons (Fsp3) is 0.300. The van der Waals surface area contributed by atoms with E-state index < -0.39 is 0 Å². The molecule has 0 spiro atoms. The molecule has 0 N–H and O–H groups in total. The number of piperazine rings is 1. The fourth-order valence-electron chi connectivity index (χ4n) is 3.35. The lowest BCUT2D eigenvalue weighted by Crippen LogP contribution is -2.46. The van der Waals surface area contributed by atoms with Gasteiger partial charge in [-0.2, -0.15) is 5.10 Å². The molecule has 0 atom stereocenters. The molecule has 0 radical (unpaired) electrons. The van der Waals surface area contributed by atoms with E-state index in [9.17, 15) is 4.79 Å². The maximum Gasteiger partial charge on any atom is 0.287 e. The van der Waals surface area contributed by atoms with Gasteiger partial charge in [-0.3, -0.25) is 9.69 Å². The summed E-state index contributed by atoms with van der Waals surface area (Å²) < 4.78 is 2.24. The third-order valence-electron chi connectivity index (χ3n) is 4.86. The summed E-state index contributed by atoms with van der Waals surface area (Å²) in [5.41, 5.74) is 1.48. The molecule has 3 heterocycles. The van der Waals surface area contributed by atoms with Gasteiger partial charge in [0.15, 0.2) is 0 Å². The number of hydrogen-bond donors (Lipinski definition) is 0. The van der Waals surface area contributed by atoms with Gasteiger partial charge in [-0.1, -0.05) is 53.5 Å². The fourth-order valence-corrected chi connectivity index (χ4v) is 4.75. The number of anilines is 1. The standard InChI is InChI=1S/C20H20Cl2N4OS/c21-18-7-6-16(28-18)14-24-8-10-25(11-9-24)17-12-23-26(20(27)19(17)22)13-15-4-2-1-3-5-15/h1-7,12H,8-11,13-14H2. The van der Waals surface area contributed by atoms with Crippen LogP contribution in [0.25, 0.3) is 0 Å². The molecular formula is C20H20Cl2N4OS. The second-order valence-electron chi connectivity index (χ2n) is 6.76. The molecule has 0 saturated carbocycles. The highest BCUT2D eigenvalue weighted by Crippen LogP contribution is 2.25. The van der Waals surface area contributed by atoms with Gasteiger partial charge >= 0.3 is 0 Å². The maximum absolute atomic E-state index is 12.7. The van der Waals surface area contributed by atoms with Crippen LogP contribution in [0.5, 0.6) is 0 Å². The van der Waals surface area contributed by atoms with Crippen molar-refractivity contribution < 1.29 is 0 Å². The zero-order chi connectivity index (χ0) is 19.5. The number of hydrogen-bond acceptors (Lipinski definition) is 5. The first-order chi connectivity index (χ1) is 13.6. The van der Waals surface area contributed by atoms with Gasteiger partial charge in [0.1, 0.15) is 5.02 Å². The third kappa shape index (κ3) is 4.41. The van der Waals surface area contributed by atoms with Crippen molar-refractivity contribution in [3.8, 4) is 0 Å². The number of halogens is 2. The van der Waals surface area contributed by atoms with E-state index in [-0.39, 0.29) is 10.6 Å². The van der Waals surface area contributed by atoms with Gasteiger partial charge in [0, 0.05) is 37.6 Å². The van der Waals surface area contributed by atoms with Crippen LogP contribution in [0.4, 0.5) is 5.69 Å². The predicted molar refractivity (Wildman–Crippen MR) is 116 cm³/mol. The molecule has 0 unspecified atom stereocenters. The minimum Gasteiger partial charge on any atom is -0.366 e. The topological polar surface area (TPSA) is 41.4 Å². The van der Waals surface area contributed by atoms with Gasteiger partial charge in [-0.05, 0) is 17.7 Å². The summed E-state index contributed by atoms with van der Waals surface area (Å²) in [7, 11) is 0. The Kier molecular flexibility index (Phi) is 6.01. The molecule has 0 bridgehead atoms. The van der Waals surface area contributed by atoms with Gasteiger partial charge < -0.3 is 4.90 Å². The Balaban J connectivity index is 1.42. The first-order valence-electron chi connectivity index (χ1n) is 9.11. The summed E-state index contributed by atoms with van der Waals surface area (Å²) in [5.74, 6) is 0. The van der Waals surface area contributed by atoms with Crippen molar-refractivity contribution in [3.05, 3.63) is 78.8 Å². The Labute approximate surface area is 177 Å². The van der Waals surface area contributed by atoms with Crippen LogP contribution in [0, 0.1) is 0 Å². The van der Waals surface area contributed by atoms with Gasteiger partial charge in [0.2, 0.25) is 0 Å². The minimum atomic E-state index is -0.251. The monoisotopic (exact) mass is 434 g/mol. The highest BCUT2D eigenvalue weighted by molar-refractivity contribution is 7.16. The van der Waals surface area contributed by atoms with Crippen molar-refractivity contribution in [1.29, 1.82) is 0 Å². The van der Waals surface area contributed by atoms with E-state index in [1.165, 1.54) is 9.56 Å². The molecular weight excluding hydrogens is 415 g/mol. The lowest BCUT2D eigenvalue weighted by Gasteiger charge is -2.36. The van der Waals surface area contributed by atoms with Crippen molar-refractivity contribution >= 4 is 40.2 Å². The summed E-state index contributed by atoms with van der Waals surface area (Å²) in [6.45, 7) is 4.73. The third-order valence-corrected chi connectivity index (χ3v) is 6.43. The number of thiophene rings is 1. The van der Waals surface area contributed by atoms with Crippen LogP contribution < -0.4 is 10.5 Å². The second kappa shape index (κ2) is 8.66. The number of benzene rings is 1. The molecule has 28 heavy (non-hydrogen) atoms. The van der Waals surface area contributed by atoms with Crippen LogP contribution in [0.3, 0.4) is 0 Å². The molecule has 1 aliphatic rings. The number of aromatic nitrogens is 2. The van der Waals surface area contributed by atoms with Crippen LogP contribution in [0.2, 0.25) is 9.36 Å². The molecule has 2 aromatic heterocycles. The van der Waals surface area contributed by atoms with Crippen LogP contribution in [-0.2, 0) is 13.1 Å². The Morgan fingerprint density at radius 2 is 1.71 bits per heavy atom. The van der Waals surface area contributed by atoms with Gasteiger partial charge in [-0.15, -0.1) is 11.3 Å². The Bertz CT molecular complexity index is 997. The van der Waals surface area contributed by atoms with Gasteiger partial charge in [0.05, 0.1) is 22.8 Å². The summed E-state index contributed by atoms with van der Waals surface area (Å²) in [5, 5.41) is 4.59. The van der Waals surface area contributed by atoms with Gasteiger partial charge in [0.25, 0.3) is 5.56 Å². The van der Waals surface area contributed by atoms with Crippen molar-refractivity contribution in [2.45, 2.75) is 13.1 Å². The molecule has 1 saturated heterocycles. The van der Waals surface area contributed by atoms with E-state index in [0.717, 1.165) is 48.3 Å². The van der Waals surface area contributed by atoms with E-state index in [1.807, 2.05) is 36.4 Å². The zero-order valence-corrected chi connectivity index (χ0v) is 17.6. The molecule has 146 valence electrons. The molecule has 1 fully saturated rings. The Hall–Kier alpha value is -1.86. The van der Waals surface area contributed by atoms with E-state index in [1.54, 1.807) is 17.5 Å². The van der Waals surface area contributed by atoms with Crippen molar-refractivity contribution in [1.82, 2.24) is 14.7 Å². The van der Waals surface area contributed by atoms with E-state index in [4.69, 9.17) is 23.2 Å². The van der Waals surface area contributed by atoms with E-state index in [0.29, 0.717) is 6.54 Å². The second-order valence-corrected chi connectivity index (χ2v) is 8.94. The van der Waals surface area contributed by atoms with E-state index in [2.05, 4.69) is 21.0 Å². The van der Waals surface area contributed by atoms with Crippen molar-refractivity contribution in [2.75, 3.05) is 31.1 Å². The molecule has 0 aliphatic carbocycles. The van der Waals surface area contributed by atoms with Crippen LogP contribution in [0.15, 0.2) is 53.5 Å². The SMILES string of the molecule is O=c1c(Cl)c(N2CCN(Cc3ccc(Cl)s3)CC2)cnn1Cc1ccccc1. The highest BCUT2D eigenvalue weighted by Gasteiger charge is 2.21. The summed E-state index contributed by atoms with van der Waals surface area (Å²) in [4.78, 5) is 18.5. The average Bonchev–Trinajstić information content (AvgIpc) is 3.12. The smallest absolute Gasteiger partial charge is 0.287 e. The molecule has 5 nitrogen and oxygen atoms in total. The Morgan fingerprint density at radius 3 is 2.39 bits per heavy atom. The van der Waals surface area contributed by atoms with Gasteiger partial charge in [-0.25, -0.2) is 4.68 Å². The molecule has 3 aromatic rings. The largest absolute Gasteiger partial charge is 0.366 e. The van der Waals surface area contributed by atoms with Crippen molar-refractivity contribution in [2.24, 2.45) is 0 Å². The lowest BCUT2D eigenvalue weighted by atomic mass is 10.2. The molecule has 1 aliphatic heterocycles. The Morgan fingerprint density at radius 1 is 0.964 bits per heavy atom. The van der Waals surface area contributed by atoms with E-state index >= 15 is 0 Å². The summed E-state index contributed by atoms with van der Waals surface area (Å²) in [6.07, 6.45) is 1.71. The molecule has 0 amide bonds. The first kappa shape index (κ1) is 19.5. The normalized spacial score (nSPS) is 15.1. The number of nitrogens with zero attached hydrogens (tertiary/aromatic N) is 4. The number of rotatable bonds is 5. The minimum absolute atomic E-state index is 0.240. The average molecular weight is 435 g/mol. The molecule has 1 aromatic carbocycles. The quantitative estimate of drug-likeness (QED) is 0.608.